The highest BCUT2D eigenvalue weighted by atomic mass is 16.5. The zero-order valence-electron chi connectivity index (χ0n) is 7.86. The van der Waals surface area contributed by atoms with E-state index < -0.39 is 0 Å². The van der Waals surface area contributed by atoms with Gasteiger partial charge in [0.05, 0.1) is 12.5 Å². The maximum Gasteiger partial charge on any atom is 0.310 e. The molecule has 0 N–H and O–H groups in total. The summed E-state index contributed by atoms with van der Waals surface area (Å²) in [5.74, 6) is -0.284. The van der Waals surface area contributed by atoms with Crippen molar-refractivity contribution in [2.24, 2.45) is 5.92 Å². The van der Waals surface area contributed by atoms with E-state index in [-0.39, 0.29) is 11.9 Å². The van der Waals surface area contributed by atoms with Gasteiger partial charge in [-0.05, 0) is 19.8 Å². The summed E-state index contributed by atoms with van der Waals surface area (Å²) in [5, 5.41) is 0. The van der Waals surface area contributed by atoms with Crippen LogP contribution >= 0.6 is 0 Å². The summed E-state index contributed by atoms with van der Waals surface area (Å²) >= 11 is 0. The van der Waals surface area contributed by atoms with Crippen LogP contribution in [0.3, 0.4) is 0 Å². The molecule has 1 heterocycles. The molecule has 0 radical (unpaired) electrons. The molecule has 13 heavy (non-hydrogen) atoms. The molecule has 1 fully saturated rings. The molecule has 1 atom stereocenters. The van der Waals surface area contributed by atoms with E-state index in [0.29, 0.717) is 13.2 Å². The predicted molar refractivity (Wildman–Crippen MR) is 47.0 cm³/mol. The molecule has 0 aromatic rings. The first-order chi connectivity index (χ1) is 6.27. The van der Waals surface area contributed by atoms with Crippen LogP contribution in [0.1, 0.15) is 19.8 Å². The van der Waals surface area contributed by atoms with Gasteiger partial charge in [-0.1, -0.05) is 0 Å². The summed E-state index contributed by atoms with van der Waals surface area (Å²) in [6.45, 7) is 3.48. The van der Waals surface area contributed by atoms with E-state index in [1.165, 1.54) is 0 Å². The van der Waals surface area contributed by atoms with Crippen molar-refractivity contribution in [1.82, 2.24) is 4.90 Å². The van der Waals surface area contributed by atoms with E-state index in [0.717, 1.165) is 25.8 Å². The molecule has 0 aromatic heterocycles. The molecule has 74 valence electrons. The second kappa shape index (κ2) is 4.84. The van der Waals surface area contributed by atoms with E-state index in [9.17, 15) is 9.59 Å². The number of ether oxygens (including phenoxy) is 1. The van der Waals surface area contributed by atoms with Gasteiger partial charge in [-0.2, -0.15) is 0 Å². The van der Waals surface area contributed by atoms with E-state index in [1.807, 2.05) is 0 Å². The van der Waals surface area contributed by atoms with Gasteiger partial charge in [0.15, 0.2) is 0 Å². The molecule has 0 aliphatic carbocycles. The number of carbonyl (C=O) groups is 2. The molecule has 1 aliphatic rings. The Labute approximate surface area is 77.8 Å². The lowest BCUT2D eigenvalue weighted by atomic mass is 9.99. The molecule has 1 amide bonds. The molecule has 0 aromatic carbocycles. The number of rotatable bonds is 3. The van der Waals surface area contributed by atoms with Crippen molar-refractivity contribution in [2.75, 3.05) is 19.7 Å². The molecule has 1 rings (SSSR count). The molecule has 1 unspecified atom stereocenters. The molecule has 0 saturated carbocycles. The van der Waals surface area contributed by atoms with Crippen LogP contribution in [0.4, 0.5) is 0 Å². The van der Waals surface area contributed by atoms with Gasteiger partial charge < -0.3 is 9.64 Å². The average molecular weight is 185 g/mol. The van der Waals surface area contributed by atoms with Crippen LogP contribution in [-0.2, 0) is 14.3 Å². The fraction of sp³-hybridized carbons (Fsp3) is 0.778. The van der Waals surface area contributed by atoms with Gasteiger partial charge in [0.25, 0.3) is 0 Å². The van der Waals surface area contributed by atoms with Gasteiger partial charge in [-0.25, -0.2) is 0 Å². The largest absolute Gasteiger partial charge is 0.466 e. The second-order valence-electron chi connectivity index (χ2n) is 3.19. The highest BCUT2D eigenvalue weighted by Gasteiger charge is 2.25. The fourth-order valence-corrected chi connectivity index (χ4v) is 1.55. The van der Waals surface area contributed by atoms with Gasteiger partial charge in [-0.3, -0.25) is 9.59 Å². The summed E-state index contributed by atoms with van der Waals surface area (Å²) in [5.41, 5.74) is 0. The van der Waals surface area contributed by atoms with Crippen molar-refractivity contribution in [1.29, 1.82) is 0 Å². The summed E-state index contributed by atoms with van der Waals surface area (Å²) in [4.78, 5) is 23.4. The van der Waals surface area contributed by atoms with Gasteiger partial charge in [-0.15, -0.1) is 0 Å². The maximum atomic E-state index is 11.3. The molecule has 4 heteroatoms. The zero-order chi connectivity index (χ0) is 9.68. The monoisotopic (exact) mass is 185 g/mol. The zero-order valence-corrected chi connectivity index (χ0v) is 7.86. The van der Waals surface area contributed by atoms with Crippen molar-refractivity contribution in [3.05, 3.63) is 0 Å². The molecule has 1 aliphatic heterocycles. The average Bonchev–Trinajstić information content (AvgIpc) is 2.18. The molecule has 1 saturated heterocycles. The highest BCUT2D eigenvalue weighted by Crippen LogP contribution is 2.16. The van der Waals surface area contributed by atoms with E-state index >= 15 is 0 Å². The summed E-state index contributed by atoms with van der Waals surface area (Å²) in [7, 11) is 0. The quantitative estimate of drug-likeness (QED) is 0.473. The van der Waals surface area contributed by atoms with Crippen LogP contribution < -0.4 is 0 Å². The second-order valence-corrected chi connectivity index (χ2v) is 3.19. The minimum absolute atomic E-state index is 0.112. The predicted octanol–water partition coefficient (Wildman–Crippen LogP) is 0.418. The third-order valence-corrected chi connectivity index (χ3v) is 2.22. The van der Waals surface area contributed by atoms with Crippen LogP contribution in [0.5, 0.6) is 0 Å². The first kappa shape index (κ1) is 10.0. The Morgan fingerprint density at radius 2 is 2.46 bits per heavy atom. The van der Waals surface area contributed by atoms with Gasteiger partial charge >= 0.3 is 5.97 Å². The molecular weight excluding hydrogens is 170 g/mol. The summed E-state index contributed by atoms with van der Waals surface area (Å²) in [6, 6.07) is 0. The minimum atomic E-state index is -0.172. The minimum Gasteiger partial charge on any atom is -0.466 e. The van der Waals surface area contributed by atoms with Gasteiger partial charge in [0.2, 0.25) is 6.41 Å². The molecule has 0 bridgehead atoms. The van der Waals surface area contributed by atoms with Crippen LogP contribution in [-0.4, -0.2) is 37.0 Å². The Bertz CT molecular complexity index is 193. The number of esters is 1. The standard InChI is InChI=1S/C9H15NO3/c1-2-13-9(12)8-4-3-5-10(6-8)7-11/h7-8H,2-6H2,1H3. The van der Waals surface area contributed by atoms with Crippen molar-refractivity contribution >= 4 is 12.4 Å². The molecule has 4 nitrogen and oxygen atoms in total. The van der Waals surface area contributed by atoms with Crippen molar-refractivity contribution < 1.29 is 14.3 Å². The lowest BCUT2D eigenvalue weighted by Gasteiger charge is -2.28. The topological polar surface area (TPSA) is 46.6 Å². The number of likely N-dealkylation sites (tertiary alicyclic amines) is 1. The Morgan fingerprint density at radius 1 is 1.69 bits per heavy atom. The number of nitrogens with zero attached hydrogens (tertiary/aromatic N) is 1. The van der Waals surface area contributed by atoms with Gasteiger partial charge in [0.1, 0.15) is 0 Å². The normalized spacial score (nSPS) is 22.5. The third kappa shape index (κ3) is 2.72. The first-order valence-corrected chi connectivity index (χ1v) is 4.64. The Kier molecular flexibility index (Phi) is 3.73. The number of amides is 1. The Hall–Kier alpha value is -1.06. The SMILES string of the molecule is CCOC(=O)C1CCCN(C=O)C1. The fourth-order valence-electron chi connectivity index (χ4n) is 1.55. The Balaban J connectivity index is 2.41. The van der Waals surface area contributed by atoms with Crippen LogP contribution in [0.2, 0.25) is 0 Å². The van der Waals surface area contributed by atoms with E-state index in [1.54, 1.807) is 11.8 Å². The third-order valence-electron chi connectivity index (χ3n) is 2.22. The number of carbonyl (C=O) groups excluding carboxylic acids is 2. The van der Waals surface area contributed by atoms with Crippen LogP contribution in [0.15, 0.2) is 0 Å². The molecule has 0 spiro atoms. The lowest BCUT2D eigenvalue weighted by molar-refractivity contribution is -0.150. The number of hydrogen-bond acceptors (Lipinski definition) is 3. The summed E-state index contributed by atoms with van der Waals surface area (Å²) < 4.78 is 4.89. The van der Waals surface area contributed by atoms with Crippen molar-refractivity contribution in [3.63, 3.8) is 0 Å². The van der Waals surface area contributed by atoms with E-state index in [2.05, 4.69) is 0 Å². The number of piperidine rings is 1. The van der Waals surface area contributed by atoms with Crippen molar-refractivity contribution in [3.8, 4) is 0 Å². The maximum absolute atomic E-state index is 11.3. The number of hydrogen-bond donors (Lipinski definition) is 0. The highest BCUT2D eigenvalue weighted by molar-refractivity contribution is 5.73. The van der Waals surface area contributed by atoms with E-state index in [4.69, 9.17) is 4.74 Å². The van der Waals surface area contributed by atoms with Crippen molar-refractivity contribution in [2.45, 2.75) is 19.8 Å². The smallest absolute Gasteiger partial charge is 0.310 e. The van der Waals surface area contributed by atoms with Crippen LogP contribution in [0.25, 0.3) is 0 Å². The first-order valence-electron chi connectivity index (χ1n) is 4.64. The van der Waals surface area contributed by atoms with Crippen LogP contribution in [0, 0.1) is 5.92 Å². The molecular formula is C9H15NO3. The lowest BCUT2D eigenvalue weighted by Crippen LogP contribution is -2.38. The summed E-state index contributed by atoms with van der Waals surface area (Å²) in [6.07, 6.45) is 2.52. The Morgan fingerprint density at radius 3 is 3.08 bits per heavy atom. The van der Waals surface area contributed by atoms with Gasteiger partial charge in [0, 0.05) is 13.1 Å².